The number of nitrogens with zero attached hydrogens (tertiary/aromatic N) is 1. The summed E-state index contributed by atoms with van der Waals surface area (Å²) in [7, 11) is 0. The molecule has 0 amide bonds. The van der Waals surface area contributed by atoms with Crippen molar-refractivity contribution in [3.63, 3.8) is 0 Å². The highest BCUT2D eigenvalue weighted by Gasteiger charge is 2.30. The molecule has 2 unspecified atom stereocenters. The lowest BCUT2D eigenvalue weighted by molar-refractivity contribution is -0.159. The van der Waals surface area contributed by atoms with Crippen LogP contribution in [0.5, 0.6) is 0 Å². The number of hydrogen-bond acceptors (Lipinski definition) is 6. The van der Waals surface area contributed by atoms with Gasteiger partial charge in [-0.3, -0.25) is 9.69 Å². The maximum Gasteiger partial charge on any atom is 0.326 e. The Bertz CT molecular complexity index is 504. The van der Waals surface area contributed by atoms with Crippen LogP contribution in [-0.4, -0.2) is 40.7 Å². The second-order valence-electron chi connectivity index (χ2n) is 6.79. The molecule has 0 radical (unpaired) electrons. The van der Waals surface area contributed by atoms with E-state index in [9.17, 15) is 9.90 Å². The average Bonchev–Trinajstić information content (AvgIpc) is 3.07. The van der Waals surface area contributed by atoms with Gasteiger partial charge in [0.25, 0.3) is 0 Å². The van der Waals surface area contributed by atoms with Gasteiger partial charge >= 0.3 is 5.97 Å². The molecule has 0 spiro atoms. The molecule has 1 aliphatic rings. The average molecular weight is 326 g/mol. The molecule has 1 aliphatic heterocycles. The lowest BCUT2D eigenvalue weighted by Gasteiger charge is -2.24. The van der Waals surface area contributed by atoms with E-state index in [2.05, 4.69) is 4.90 Å². The number of rotatable bonds is 5. The van der Waals surface area contributed by atoms with Crippen LogP contribution in [0.1, 0.15) is 49.5 Å². The first-order chi connectivity index (χ1) is 10.3. The molecular formula is C16H26N2O3S. The van der Waals surface area contributed by atoms with E-state index in [4.69, 9.17) is 10.5 Å². The minimum atomic E-state index is -1.06. The first-order valence-electron chi connectivity index (χ1n) is 7.74. The van der Waals surface area contributed by atoms with E-state index in [0.717, 1.165) is 19.6 Å². The molecule has 0 aromatic carbocycles. The molecule has 1 aromatic rings. The Morgan fingerprint density at radius 2 is 2.05 bits per heavy atom. The summed E-state index contributed by atoms with van der Waals surface area (Å²) in [4.78, 5) is 16.2. The van der Waals surface area contributed by atoms with Gasteiger partial charge in [0, 0.05) is 16.3 Å². The number of nitrogens with two attached hydrogens (primary N) is 1. The zero-order chi connectivity index (χ0) is 16.3. The first-order valence-corrected chi connectivity index (χ1v) is 8.55. The number of ether oxygens (including phenoxy) is 1. The van der Waals surface area contributed by atoms with Crippen LogP contribution in [0.15, 0.2) is 12.1 Å². The van der Waals surface area contributed by atoms with Crippen LogP contribution >= 0.6 is 11.3 Å². The standard InChI is InChI=1S/C16H26N2O3S/c1-16(2,3)21-15(20)13(17)14(19)12-7-6-11(22-12)10-18-8-4-5-9-18/h6-7,13-14,19H,4-5,8-10,17H2,1-3H3. The Morgan fingerprint density at radius 3 is 2.64 bits per heavy atom. The van der Waals surface area contributed by atoms with Crippen LogP contribution in [0, 0.1) is 0 Å². The van der Waals surface area contributed by atoms with Gasteiger partial charge in [0.15, 0.2) is 0 Å². The van der Waals surface area contributed by atoms with Crippen molar-refractivity contribution >= 4 is 17.3 Å². The van der Waals surface area contributed by atoms with Crippen molar-refractivity contribution in [1.82, 2.24) is 4.90 Å². The predicted octanol–water partition coefficient (Wildman–Crippen LogP) is 2.05. The van der Waals surface area contributed by atoms with Gasteiger partial charge in [-0.1, -0.05) is 0 Å². The lowest BCUT2D eigenvalue weighted by Crippen LogP contribution is -2.41. The minimum absolute atomic E-state index is 0.575. The van der Waals surface area contributed by atoms with Crippen molar-refractivity contribution in [2.75, 3.05) is 13.1 Å². The van der Waals surface area contributed by atoms with E-state index in [1.165, 1.54) is 29.1 Å². The molecule has 3 N–H and O–H groups in total. The van der Waals surface area contributed by atoms with Gasteiger partial charge in [0.2, 0.25) is 0 Å². The fraction of sp³-hybridized carbons (Fsp3) is 0.688. The maximum atomic E-state index is 11.9. The van der Waals surface area contributed by atoms with Gasteiger partial charge in [0.05, 0.1) is 0 Å². The Kier molecular flexibility index (Phi) is 5.60. The number of esters is 1. The fourth-order valence-electron chi connectivity index (χ4n) is 2.48. The van der Waals surface area contributed by atoms with E-state index in [-0.39, 0.29) is 0 Å². The molecule has 0 aliphatic carbocycles. The smallest absolute Gasteiger partial charge is 0.326 e. The van der Waals surface area contributed by atoms with Crippen molar-refractivity contribution in [1.29, 1.82) is 0 Å². The fourth-order valence-corrected chi connectivity index (χ4v) is 3.56. The topological polar surface area (TPSA) is 75.8 Å². The molecule has 2 rings (SSSR count). The number of thiophene rings is 1. The van der Waals surface area contributed by atoms with Crippen LogP contribution in [0.25, 0.3) is 0 Å². The monoisotopic (exact) mass is 326 g/mol. The number of carbonyl (C=O) groups excluding carboxylic acids is 1. The summed E-state index contributed by atoms with van der Waals surface area (Å²) in [6.45, 7) is 8.51. The van der Waals surface area contributed by atoms with Gasteiger partial charge in [-0.15, -0.1) is 11.3 Å². The molecule has 1 fully saturated rings. The summed E-state index contributed by atoms with van der Waals surface area (Å²) in [5.74, 6) is -0.575. The van der Waals surface area contributed by atoms with Gasteiger partial charge in [-0.25, -0.2) is 0 Å². The molecule has 5 nitrogen and oxygen atoms in total. The first kappa shape index (κ1) is 17.4. The molecule has 0 saturated carbocycles. The van der Waals surface area contributed by atoms with Crippen molar-refractivity contribution in [3.05, 3.63) is 21.9 Å². The zero-order valence-electron chi connectivity index (χ0n) is 13.5. The minimum Gasteiger partial charge on any atom is -0.459 e. The zero-order valence-corrected chi connectivity index (χ0v) is 14.4. The molecule has 1 aromatic heterocycles. The third kappa shape index (κ3) is 4.78. The Hall–Kier alpha value is -0.950. The van der Waals surface area contributed by atoms with Crippen molar-refractivity contribution in [2.45, 2.75) is 57.9 Å². The second-order valence-corrected chi connectivity index (χ2v) is 7.99. The summed E-state index contributed by atoms with van der Waals surface area (Å²) in [5.41, 5.74) is 5.24. The SMILES string of the molecule is CC(C)(C)OC(=O)C(N)C(O)c1ccc(CN2CCCC2)s1. The van der Waals surface area contributed by atoms with Crippen molar-refractivity contribution in [3.8, 4) is 0 Å². The number of likely N-dealkylation sites (tertiary alicyclic amines) is 1. The summed E-state index contributed by atoms with van der Waals surface area (Å²) in [6.07, 6.45) is 1.49. The van der Waals surface area contributed by atoms with Gasteiger partial charge in [-0.05, 0) is 58.8 Å². The quantitative estimate of drug-likeness (QED) is 0.810. The number of hydrogen-bond donors (Lipinski definition) is 2. The van der Waals surface area contributed by atoms with Crippen molar-refractivity contribution in [2.24, 2.45) is 5.73 Å². The largest absolute Gasteiger partial charge is 0.459 e. The van der Waals surface area contributed by atoms with Crippen molar-refractivity contribution < 1.29 is 14.6 Å². The third-order valence-corrected chi connectivity index (χ3v) is 4.71. The molecule has 6 heteroatoms. The predicted molar refractivity (Wildman–Crippen MR) is 87.6 cm³/mol. The van der Waals surface area contributed by atoms with Crippen LogP contribution in [0.2, 0.25) is 0 Å². The molecule has 2 heterocycles. The van der Waals surface area contributed by atoms with E-state index < -0.39 is 23.7 Å². The Morgan fingerprint density at radius 1 is 1.41 bits per heavy atom. The summed E-state index contributed by atoms with van der Waals surface area (Å²) in [6, 6.07) is 2.80. The van der Waals surface area contributed by atoms with E-state index >= 15 is 0 Å². The highest BCUT2D eigenvalue weighted by atomic mass is 32.1. The van der Waals surface area contributed by atoms with E-state index in [1.54, 1.807) is 20.8 Å². The molecule has 22 heavy (non-hydrogen) atoms. The highest BCUT2D eigenvalue weighted by Crippen LogP contribution is 2.27. The van der Waals surface area contributed by atoms with E-state index in [0.29, 0.717) is 4.88 Å². The maximum absolute atomic E-state index is 11.9. The van der Waals surface area contributed by atoms with Gasteiger partial charge < -0.3 is 15.6 Å². The Labute approximate surface area is 136 Å². The summed E-state index contributed by atoms with van der Waals surface area (Å²) < 4.78 is 5.23. The number of carbonyl (C=O) groups is 1. The Balaban J connectivity index is 1.95. The number of aliphatic hydroxyl groups is 1. The molecule has 0 bridgehead atoms. The summed E-state index contributed by atoms with van der Waals surface area (Å²) >= 11 is 1.51. The number of aliphatic hydroxyl groups excluding tert-OH is 1. The van der Waals surface area contributed by atoms with Gasteiger partial charge in [0.1, 0.15) is 17.7 Å². The van der Waals surface area contributed by atoms with E-state index in [1.807, 2.05) is 12.1 Å². The van der Waals surface area contributed by atoms with Crippen LogP contribution < -0.4 is 5.73 Å². The molecule has 2 atom stereocenters. The normalized spacial score (nSPS) is 19.1. The van der Waals surface area contributed by atoms with Crippen LogP contribution in [-0.2, 0) is 16.1 Å². The van der Waals surface area contributed by atoms with Crippen LogP contribution in [0.4, 0.5) is 0 Å². The highest BCUT2D eigenvalue weighted by molar-refractivity contribution is 7.12. The molecule has 1 saturated heterocycles. The molecule has 124 valence electrons. The molecular weight excluding hydrogens is 300 g/mol. The van der Waals surface area contributed by atoms with Gasteiger partial charge in [-0.2, -0.15) is 0 Å². The third-order valence-electron chi connectivity index (χ3n) is 3.57. The second kappa shape index (κ2) is 7.08. The lowest BCUT2D eigenvalue weighted by atomic mass is 10.1. The van der Waals surface area contributed by atoms with Crippen LogP contribution in [0.3, 0.4) is 0 Å². The summed E-state index contributed by atoms with van der Waals surface area (Å²) in [5, 5.41) is 10.3.